The van der Waals surface area contributed by atoms with Crippen molar-refractivity contribution in [2.45, 2.75) is 165 Å². The number of aliphatic hydroxyl groups is 3. The number of allylic oxidation sites excluding steroid dienone is 8. The summed E-state index contributed by atoms with van der Waals surface area (Å²) in [5.74, 6) is -1.22. The Kier molecular flexibility index (Phi) is 32.8. The maximum absolute atomic E-state index is 12.8. The van der Waals surface area contributed by atoms with Crippen molar-refractivity contribution in [3.05, 3.63) is 60.8 Å². The van der Waals surface area contributed by atoms with Crippen molar-refractivity contribution in [1.82, 2.24) is 5.32 Å². The first-order valence-corrected chi connectivity index (χ1v) is 20.0. The van der Waals surface area contributed by atoms with Crippen molar-refractivity contribution < 1.29 is 30.0 Å². The molecule has 0 spiro atoms. The van der Waals surface area contributed by atoms with Crippen LogP contribution >= 0.6 is 11.8 Å². The normalized spacial score (nSPS) is 15.6. The van der Waals surface area contributed by atoms with Crippen molar-refractivity contribution in [3.63, 3.8) is 0 Å². The van der Waals surface area contributed by atoms with Crippen molar-refractivity contribution >= 4 is 23.6 Å². The molecular weight excluding hydrogens is 637 g/mol. The number of hydrogen-bond acceptors (Lipinski definition) is 7. The zero-order valence-electron chi connectivity index (χ0n) is 30.6. The van der Waals surface area contributed by atoms with Gasteiger partial charge in [0.1, 0.15) is 0 Å². The number of carboxylic acids is 1. The smallest absolute Gasteiger partial charge is 0.303 e. The molecule has 0 bridgehead atoms. The summed E-state index contributed by atoms with van der Waals surface area (Å²) in [7, 11) is 0. The van der Waals surface area contributed by atoms with Crippen LogP contribution in [0.1, 0.15) is 136 Å². The van der Waals surface area contributed by atoms with Crippen molar-refractivity contribution in [3.8, 4) is 0 Å². The van der Waals surface area contributed by atoms with Gasteiger partial charge in [0.2, 0.25) is 5.91 Å². The maximum Gasteiger partial charge on any atom is 0.303 e. The number of aliphatic hydroxyl groups excluding tert-OH is 3. The zero-order chi connectivity index (χ0) is 36.4. The highest BCUT2D eigenvalue weighted by Gasteiger charge is 2.24. The van der Waals surface area contributed by atoms with E-state index in [-0.39, 0.29) is 12.2 Å². The molecule has 0 fully saturated rings. The molecule has 7 N–H and O–H groups in total. The van der Waals surface area contributed by atoms with E-state index in [1.807, 2.05) is 36.5 Å². The Labute approximate surface area is 302 Å². The fourth-order valence-corrected chi connectivity index (χ4v) is 6.27. The minimum absolute atomic E-state index is 0.0313. The summed E-state index contributed by atoms with van der Waals surface area (Å²) >= 11 is 1.31. The van der Waals surface area contributed by atoms with Gasteiger partial charge in [-0.2, -0.15) is 0 Å². The summed E-state index contributed by atoms with van der Waals surface area (Å²) in [6.45, 7) is 4.00. The van der Waals surface area contributed by atoms with E-state index in [0.717, 1.165) is 32.1 Å². The summed E-state index contributed by atoms with van der Waals surface area (Å²) in [5, 5.41) is 42.4. The molecule has 0 saturated heterocycles. The Hall–Kier alpha value is -2.17. The Balaban J connectivity index is 4.76. The molecule has 0 unspecified atom stereocenters. The van der Waals surface area contributed by atoms with Gasteiger partial charge < -0.3 is 31.5 Å². The van der Waals surface area contributed by atoms with Gasteiger partial charge in [-0.15, -0.1) is 11.8 Å². The number of amides is 1. The van der Waals surface area contributed by atoms with E-state index in [1.54, 1.807) is 6.08 Å². The first kappa shape index (κ1) is 46.8. The Morgan fingerprint density at radius 1 is 0.735 bits per heavy atom. The minimum Gasteiger partial charge on any atom is -0.481 e. The zero-order valence-corrected chi connectivity index (χ0v) is 31.4. The molecule has 0 aliphatic carbocycles. The lowest BCUT2D eigenvalue weighted by molar-refractivity contribution is -0.137. The van der Waals surface area contributed by atoms with Crippen LogP contribution in [0, 0.1) is 0 Å². The molecular formula is C40H70N2O6S. The first-order valence-electron chi connectivity index (χ1n) is 18.9. The molecule has 0 aliphatic rings. The quantitative estimate of drug-likeness (QED) is 0.0229. The minimum atomic E-state index is -1.04. The van der Waals surface area contributed by atoms with E-state index in [0.29, 0.717) is 12.8 Å². The molecule has 0 radical (unpaired) electrons. The second-order valence-corrected chi connectivity index (χ2v) is 14.1. The fraction of sp³-hybridized carbons (Fsp3) is 0.700. The second-order valence-electron chi connectivity index (χ2n) is 12.8. The Bertz CT molecular complexity index is 951. The predicted molar refractivity (Wildman–Crippen MR) is 208 cm³/mol. The largest absolute Gasteiger partial charge is 0.481 e. The Morgan fingerprint density at radius 2 is 1.33 bits per heavy atom. The van der Waals surface area contributed by atoms with Crippen LogP contribution in [0.3, 0.4) is 0 Å². The molecule has 0 aliphatic heterocycles. The van der Waals surface area contributed by atoms with Gasteiger partial charge in [-0.25, -0.2) is 0 Å². The van der Waals surface area contributed by atoms with Crippen LogP contribution in [0.15, 0.2) is 60.8 Å². The second kappa shape index (κ2) is 34.3. The SMILES string of the molecule is CCCCC/C=C\C\C=C/C=C/C=C/[C@@H](SC[C@H](N)C(=O)N[C@@H](CO)[C@H](O)/C=C/CCCCCCCCCCCC)[C@@H](O)CCCC(=O)O. The highest BCUT2D eigenvalue weighted by atomic mass is 32.2. The lowest BCUT2D eigenvalue weighted by Gasteiger charge is -2.24. The molecule has 8 nitrogen and oxygen atoms in total. The standard InChI is InChI=1S/C40H70N2O6S/c1-3-5-7-9-11-13-15-17-19-21-23-25-28-36(44)35(32-43)42-40(48)34(41)33-49-38(37(45)29-27-31-39(46)47)30-26-24-22-20-18-16-14-12-10-8-6-4-2/h12,14,18,20,22,24-26,28,30,34-38,43-45H,3-11,13,15-17,19,21,23,27,29,31-33,41H2,1-2H3,(H,42,48)(H,46,47)/b14-12-,20-18-,24-22+,28-25+,30-26+/t34-,35-,36+,37-,38+/m0/s1. The van der Waals surface area contributed by atoms with Gasteiger partial charge >= 0.3 is 5.97 Å². The summed E-state index contributed by atoms with van der Waals surface area (Å²) in [5.41, 5.74) is 6.17. The molecule has 0 rings (SSSR count). The number of nitrogens with one attached hydrogen (secondary N) is 1. The highest BCUT2D eigenvalue weighted by Crippen LogP contribution is 2.21. The van der Waals surface area contributed by atoms with Gasteiger partial charge in [-0.05, 0) is 44.9 Å². The fourth-order valence-electron chi connectivity index (χ4n) is 5.12. The van der Waals surface area contributed by atoms with Crippen LogP contribution in [0.25, 0.3) is 0 Å². The molecule has 0 aromatic carbocycles. The molecule has 1 amide bonds. The third-order valence-corrected chi connectivity index (χ3v) is 9.66. The van der Waals surface area contributed by atoms with Crippen LogP contribution in [-0.4, -0.2) is 74.2 Å². The van der Waals surface area contributed by atoms with Gasteiger partial charge in [-0.3, -0.25) is 9.59 Å². The molecule has 9 heteroatoms. The third kappa shape index (κ3) is 29.3. The molecule has 0 heterocycles. The van der Waals surface area contributed by atoms with Gasteiger partial charge in [0, 0.05) is 17.4 Å². The van der Waals surface area contributed by atoms with Crippen LogP contribution in [0.4, 0.5) is 0 Å². The lowest BCUT2D eigenvalue weighted by Crippen LogP contribution is -2.52. The first-order chi connectivity index (χ1) is 23.8. The number of rotatable bonds is 33. The van der Waals surface area contributed by atoms with Gasteiger partial charge in [-0.1, -0.05) is 145 Å². The number of carboxylic acid groups (broad SMARTS) is 1. The molecule has 0 saturated carbocycles. The van der Waals surface area contributed by atoms with E-state index in [1.165, 1.54) is 82.4 Å². The Morgan fingerprint density at radius 3 is 1.98 bits per heavy atom. The highest BCUT2D eigenvalue weighted by molar-refractivity contribution is 8.00. The molecule has 282 valence electrons. The van der Waals surface area contributed by atoms with Crippen molar-refractivity contribution in [2.24, 2.45) is 5.73 Å². The molecule has 5 atom stereocenters. The number of aliphatic carboxylic acids is 1. The number of nitrogens with two attached hydrogens (primary N) is 1. The van der Waals surface area contributed by atoms with Gasteiger partial charge in [0.05, 0.1) is 30.9 Å². The van der Waals surface area contributed by atoms with Crippen molar-refractivity contribution in [2.75, 3.05) is 12.4 Å². The van der Waals surface area contributed by atoms with Crippen LogP contribution < -0.4 is 11.1 Å². The summed E-state index contributed by atoms with van der Waals surface area (Å²) in [6, 6.07) is -1.81. The summed E-state index contributed by atoms with van der Waals surface area (Å²) in [6.07, 6.45) is 37.2. The monoisotopic (exact) mass is 706 g/mol. The number of carbonyl (C=O) groups excluding carboxylic acids is 1. The summed E-state index contributed by atoms with van der Waals surface area (Å²) in [4.78, 5) is 23.8. The number of carbonyl (C=O) groups is 2. The van der Waals surface area contributed by atoms with E-state index in [9.17, 15) is 24.9 Å². The van der Waals surface area contributed by atoms with Crippen molar-refractivity contribution in [1.29, 1.82) is 0 Å². The number of unbranched alkanes of at least 4 members (excludes halogenated alkanes) is 13. The van der Waals surface area contributed by atoms with E-state index >= 15 is 0 Å². The number of thioether (sulfide) groups is 1. The average Bonchev–Trinajstić information content (AvgIpc) is 3.08. The molecule has 49 heavy (non-hydrogen) atoms. The lowest BCUT2D eigenvalue weighted by atomic mass is 10.1. The average molecular weight is 707 g/mol. The van der Waals surface area contributed by atoms with Crippen LogP contribution in [-0.2, 0) is 9.59 Å². The van der Waals surface area contributed by atoms with Crippen LogP contribution in [0.2, 0.25) is 0 Å². The molecule has 0 aromatic heterocycles. The third-order valence-electron chi connectivity index (χ3n) is 8.25. The van der Waals surface area contributed by atoms with E-state index in [4.69, 9.17) is 10.8 Å². The van der Waals surface area contributed by atoms with Gasteiger partial charge in [0.25, 0.3) is 0 Å². The maximum atomic E-state index is 12.8. The number of hydrogen-bond donors (Lipinski definition) is 6. The van der Waals surface area contributed by atoms with E-state index in [2.05, 4.69) is 37.4 Å². The summed E-state index contributed by atoms with van der Waals surface area (Å²) < 4.78 is 0. The van der Waals surface area contributed by atoms with Gasteiger partial charge in [0.15, 0.2) is 0 Å². The topological polar surface area (TPSA) is 153 Å². The molecule has 0 aromatic rings. The van der Waals surface area contributed by atoms with Crippen LogP contribution in [0.5, 0.6) is 0 Å². The predicted octanol–water partition coefficient (Wildman–Crippen LogP) is 7.93. The van der Waals surface area contributed by atoms with E-state index < -0.39 is 48.0 Å².